The molecule has 2 nitrogen and oxygen atoms in total. The van der Waals surface area contributed by atoms with Crippen LogP contribution >= 0.6 is 0 Å². The third-order valence-corrected chi connectivity index (χ3v) is 1.85. The van der Waals surface area contributed by atoms with Crippen LogP contribution in [0.2, 0.25) is 0 Å². The molecule has 84 valence electrons. The maximum atomic E-state index is 4.43. The molecule has 2 heteroatoms. The summed E-state index contributed by atoms with van der Waals surface area (Å²) in [7, 11) is 0. The molecule has 0 fully saturated rings. The minimum absolute atomic E-state index is 0.0269. The summed E-state index contributed by atoms with van der Waals surface area (Å²) in [5.41, 5.74) is 0.0269. The highest BCUT2D eigenvalue weighted by atomic mass is 15.0. The highest BCUT2D eigenvalue weighted by Crippen LogP contribution is 2.01. The molecule has 0 aliphatic carbocycles. The third kappa shape index (κ3) is 8.24. The number of hydrogen-bond acceptors (Lipinski definition) is 2. The number of rotatable bonds is 6. The lowest BCUT2D eigenvalue weighted by molar-refractivity contribution is 0.457. The van der Waals surface area contributed by atoms with Crippen LogP contribution in [0, 0.1) is 11.8 Å². The second-order valence-electron chi connectivity index (χ2n) is 5.38. The smallest absolute Gasteiger partial charge is 0.0476 e. The SMILES string of the molecule is CC(C)C/N=C/C(C)(C)NCC(C)C. The van der Waals surface area contributed by atoms with Crippen LogP contribution in [-0.2, 0) is 0 Å². The molecule has 0 aliphatic heterocycles. The van der Waals surface area contributed by atoms with Gasteiger partial charge in [0.05, 0.1) is 0 Å². The Morgan fingerprint density at radius 2 is 1.71 bits per heavy atom. The van der Waals surface area contributed by atoms with Crippen LogP contribution in [0.5, 0.6) is 0 Å². The van der Waals surface area contributed by atoms with Crippen molar-refractivity contribution in [1.29, 1.82) is 0 Å². The van der Waals surface area contributed by atoms with Crippen molar-refractivity contribution in [3.63, 3.8) is 0 Å². The molecule has 0 saturated heterocycles. The van der Waals surface area contributed by atoms with Gasteiger partial charge in [-0.1, -0.05) is 27.7 Å². The molecule has 0 unspecified atom stereocenters. The molecule has 0 rings (SSSR count). The van der Waals surface area contributed by atoms with E-state index in [0.29, 0.717) is 11.8 Å². The Labute approximate surface area is 89.2 Å². The van der Waals surface area contributed by atoms with Gasteiger partial charge < -0.3 is 5.32 Å². The third-order valence-electron chi connectivity index (χ3n) is 1.85. The van der Waals surface area contributed by atoms with E-state index in [1.54, 1.807) is 0 Å². The van der Waals surface area contributed by atoms with E-state index in [1.165, 1.54) is 0 Å². The maximum absolute atomic E-state index is 4.43. The molecular weight excluding hydrogens is 172 g/mol. The normalized spacial score (nSPS) is 13.4. The standard InChI is InChI=1S/C12H26N2/c1-10(2)7-13-9-12(5,6)14-8-11(3)4/h9-11,14H,7-8H2,1-6H3/b13-9+. The van der Waals surface area contributed by atoms with Gasteiger partial charge in [-0.2, -0.15) is 0 Å². The minimum Gasteiger partial charge on any atom is -0.307 e. The molecule has 0 atom stereocenters. The Kier molecular flexibility index (Phi) is 6.01. The van der Waals surface area contributed by atoms with Crippen molar-refractivity contribution >= 4 is 6.21 Å². The topological polar surface area (TPSA) is 24.4 Å². The summed E-state index contributed by atoms with van der Waals surface area (Å²) >= 11 is 0. The van der Waals surface area contributed by atoms with Gasteiger partial charge in [0.15, 0.2) is 0 Å². The molecule has 0 aromatic rings. The van der Waals surface area contributed by atoms with Crippen molar-refractivity contribution < 1.29 is 0 Å². The van der Waals surface area contributed by atoms with Crippen molar-refractivity contribution in [1.82, 2.24) is 5.32 Å². The summed E-state index contributed by atoms with van der Waals surface area (Å²) in [6, 6.07) is 0. The molecule has 0 radical (unpaired) electrons. The first-order valence-corrected chi connectivity index (χ1v) is 5.59. The van der Waals surface area contributed by atoms with Crippen molar-refractivity contribution in [2.75, 3.05) is 13.1 Å². The summed E-state index contributed by atoms with van der Waals surface area (Å²) < 4.78 is 0. The maximum Gasteiger partial charge on any atom is 0.0476 e. The average Bonchev–Trinajstić information content (AvgIpc) is 2.00. The predicted octanol–water partition coefficient (Wildman–Crippen LogP) is 2.74. The van der Waals surface area contributed by atoms with Crippen LogP contribution in [-0.4, -0.2) is 24.8 Å². The summed E-state index contributed by atoms with van der Waals surface area (Å²) in [5.74, 6) is 1.33. The fourth-order valence-corrected chi connectivity index (χ4v) is 1.00. The first kappa shape index (κ1) is 13.6. The summed E-state index contributed by atoms with van der Waals surface area (Å²) in [5, 5.41) is 3.48. The first-order chi connectivity index (χ1) is 6.33. The van der Waals surface area contributed by atoms with Gasteiger partial charge >= 0.3 is 0 Å². The zero-order valence-corrected chi connectivity index (χ0v) is 10.6. The van der Waals surface area contributed by atoms with Crippen molar-refractivity contribution in [3.8, 4) is 0 Å². The molecule has 0 saturated carbocycles. The minimum atomic E-state index is 0.0269. The predicted molar refractivity (Wildman–Crippen MR) is 65.1 cm³/mol. The van der Waals surface area contributed by atoms with E-state index >= 15 is 0 Å². The molecule has 14 heavy (non-hydrogen) atoms. The number of aliphatic imine (C=N–C) groups is 1. The molecule has 0 spiro atoms. The van der Waals surface area contributed by atoms with E-state index < -0.39 is 0 Å². The van der Waals surface area contributed by atoms with E-state index in [9.17, 15) is 0 Å². The number of nitrogens with one attached hydrogen (secondary N) is 1. The Bertz CT molecular complexity index is 169. The monoisotopic (exact) mass is 198 g/mol. The zero-order valence-electron chi connectivity index (χ0n) is 10.6. The Balaban J connectivity index is 3.87. The molecule has 0 amide bonds. The largest absolute Gasteiger partial charge is 0.307 e. The number of nitrogens with zero attached hydrogens (tertiary/aromatic N) is 1. The fraction of sp³-hybridized carbons (Fsp3) is 0.917. The molecular formula is C12H26N2. The Hall–Kier alpha value is -0.370. The lowest BCUT2D eigenvalue weighted by atomic mass is 10.1. The second kappa shape index (κ2) is 6.18. The lowest BCUT2D eigenvalue weighted by Gasteiger charge is -2.23. The summed E-state index contributed by atoms with van der Waals surface area (Å²) in [4.78, 5) is 4.43. The molecule has 0 bridgehead atoms. The van der Waals surface area contributed by atoms with Gasteiger partial charge in [0.1, 0.15) is 0 Å². The fourth-order valence-electron chi connectivity index (χ4n) is 1.00. The molecule has 0 aromatic carbocycles. The van der Waals surface area contributed by atoms with E-state index in [2.05, 4.69) is 51.9 Å². The van der Waals surface area contributed by atoms with Gasteiger partial charge in [0.2, 0.25) is 0 Å². The van der Waals surface area contributed by atoms with E-state index in [1.807, 2.05) is 6.21 Å². The molecule has 0 heterocycles. The zero-order chi connectivity index (χ0) is 11.2. The van der Waals surface area contributed by atoms with Crippen LogP contribution in [0.25, 0.3) is 0 Å². The van der Waals surface area contributed by atoms with Crippen LogP contribution in [0.1, 0.15) is 41.5 Å². The van der Waals surface area contributed by atoms with Crippen LogP contribution in [0.3, 0.4) is 0 Å². The number of hydrogen-bond donors (Lipinski definition) is 1. The molecule has 0 aliphatic rings. The van der Waals surface area contributed by atoms with Gasteiger partial charge in [0.25, 0.3) is 0 Å². The highest BCUT2D eigenvalue weighted by Gasteiger charge is 2.13. The Morgan fingerprint density at radius 1 is 1.14 bits per heavy atom. The average molecular weight is 198 g/mol. The van der Waals surface area contributed by atoms with Crippen LogP contribution < -0.4 is 5.32 Å². The van der Waals surface area contributed by atoms with Gasteiger partial charge in [-0.25, -0.2) is 0 Å². The highest BCUT2D eigenvalue weighted by molar-refractivity contribution is 5.68. The van der Waals surface area contributed by atoms with Gasteiger partial charge in [-0.3, -0.25) is 4.99 Å². The van der Waals surface area contributed by atoms with E-state index in [4.69, 9.17) is 0 Å². The van der Waals surface area contributed by atoms with Crippen molar-refractivity contribution in [2.45, 2.75) is 47.1 Å². The Morgan fingerprint density at radius 3 is 2.14 bits per heavy atom. The summed E-state index contributed by atoms with van der Waals surface area (Å²) in [6.07, 6.45) is 2.04. The first-order valence-electron chi connectivity index (χ1n) is 5.59. The van der Waals surface area contributed by atoms with Gasteiger partial charge in [0, 0.05) is 18.3 Å². The molecule has 1 N–H and O–H groups in total. The summed E-state index contributed by atoms with van der Waals surface area (Å²) in [6.45, 7) is 15.1. The van der Waals surface area contributed by atoms with Crippen LogP contribution in [0.4, 0.5) is 0 Å². The van der Waals surface area contributed by atoms with Gasteiger partial charge in [-0.05, 0) is 32.2 Å². The lowest BCUT2D eigenvalue weighted by Crippen LogP contribution is -2.42. The van der Waals surface area contributed by atoms with Gasteiger partial charge in [-0.15, -0.1) is 0 Å². The van der Waals surface area contributed by atoms with Crippen molar-refractivity contribution in [2.24, 2.45) is 16.8 Å². The molecule has 0 aromatic heterocycles. The van der Waals surface area contributed by atoms with Crippen molar-refractivity contribution in [3.05, 3.63) is 0 Å². The quantitative estimate of drug-likeness (QED) is 0.652. The van der Waals surface area contributed by atoms with E-state index in [0.717, 1.165) is 13.1 Å². The van der Waals surface area contributed by atoms with E-state index in [-0.39, 0.29) is 5.54 Å². The van der Waals surface area contributed by atoms with Crippen LogP contribution in [0.15, 0.2) is 4.99 Å². The second-order valence-corrected chi connectivity index (χ2v) is 5.38.